The quantitative estimate of drug-likeness (QED) is 0.842. The number of pyridine rings is 1. The number of Topliss-reactive ketones (excluding diaryl/α,β-unsaturated/α-hetero) is 1. The molecule has 0 saturated carbocycles. The standard InChI is InChI=1S/C18H18N2O4/c21-14-5-3-12(4-6-14)16(22)13-7-10-20(11-8-13)18(24)15-2-1-9-19-17(15)23/h1-6,9,13,21H,7-8,10-11H2,(H,19,23). The Morgan fingerprint density at radius 3 is 2.38 bits per heavy atom. The number of nitrogens with one attached hydrogen (secondary N) is 1. The SMILES string of the molecule is O=C(c1ccc(O)cc1)C1CCN(C(=O)c2ccc[nH]c2=O)CC1. The van der Waals surface area contributed by atoms with E-state index in [0.29, 0.717) is 31.5 Å². The van der Waals surface area contributed by atoms with E-state index < -0.39 is 5.56 Å². The predicted octanol–water partition coefficient (Wildman–Crippen LogP) is 1.82. The Hall–Kier alpha value is -2.89. The Labute approximate surface area is 138 Å². The lowest BCUT2D eigenvalue weighted by Crippen LogP contribution is -2.42. The highest BCUT2D eigenvalue weighted by atomic mass is 16.3. The molecule has 2 aromatic rings. The number of rotatable bonds is 3. The maximum absolute atomic E-state index is 12.5. The minimum Gasteiger partial charge on any atom is -0.508 e. The molecule has 1 aliphatic rings. The van der Waals surface area contributed by atoms with Gasteiger partial charge >= 0.3 is 0 Å². The van der Waals surface area contributed by atoms with E-state index in [1.807, 2.05) is 0 Å². The Morgan fingerprint density at radius 2 is 1.75 bits per heavy atom. The van der Waals surface area contributed by atoms with Crippen LogP contribution in [0, 0.1) is 5.92 Å². The largest absolute Gasteiger partial charge is 0.508 e. The Kier molecular flexibility index (Phi) is 4.46. The minimum atomic E-state index is -0.398. The van der Waals surface area contributed by atoms with Gasteiger partial charge in [0.15, 0.2) is 5.78 Å². The number of aromatic amines is 1. The van der Waals surface area contributed by atoms with Gasteiger partial charge in [0.2, 0.25) is 0 Å². The van der Waals surface area contributed by atoms with Gasteiger partial charge in [-0.15, -0.1) is 0 Å². The molecule has 2 heterocycles. The second kappa shape index (κ2) is 6.70. The number of aromatic nitrogens is 1. The molecule has 6 heteroatoms. The molecule has 124 valence electrons. The molecule has 0 bridgehead atoms. The van der Waals surface area contributed by atoms with Crippen molar-refractivity contribution in [3.05, 3.63) is 64.1 Å². The summed E-state index contributed by atoms with van der Waals surface area (Å²) >= 11 is 0. The second-order valence-corrected chi connectivity index (χ2v) is 5.89. The molecule has 0 unspecified atom stereocenters. The van der Waals surface area contributed by atoms with E-state index in [9.17, 15) is 19.5 Å². The molecule has 0 atom stereocenters. The molecule has 1 aromatic carbocycles. The average molecular weight is 326 g/mol. The van der Waals surface area contributed by atoms with Crippen LogP contribution >= 0.6 is 0 Å². The lowest BCUT2D eigenvalue weighted by atomic mass is 9.88. The summed E-state index contributed by atoms with van der Waals surface area (Å²) < 4.78 is 0. The van der Waals surface area contributed by atoms with E-state index in [1.54, 1.807) is 23.1 Å². The number of benzene rings is 1. The van der Waals surface area contributed by atoms with Gasteiger partial charge in [0.1, 0.15) is 11.3 Å². The van der Waals surface area contributed by atoms with Gasteiger partial charge < -0.3 is 15.0 Å². The van der Waals surface area contributed by atoms with Gasteiger partial charge in [-0.25, -0.2) is 0 Å². The van der Waals surface area contributed by atoms with E-state index >= 15 is 0 Å². The topological polar surface area (TPSA) is 90.5 Å². The zero-order chi connectivity index (χ0) is 17.1. The first-order chi connectivity index (χ1) is 11.6. The lowest BCUT2D eigenvalue weighted by molar-refractivity contribution is 0.0649. The van der Waals surface area contributed by atoms with E-state index in [0.717, 1.165) is 0 Å². The number of hydrogen-bond donors (Lipinski definition) is 2. The highest BCUT2D eigenvalue weighted by Crippen LogP contribution is 2.23. The van der Waals surface area contributed by atoms with Crippen LogP contribution in [0.15, 0.2) is 47.4 Å². The number of carbonyl (C=O) groups excluding carboxylic acids is 2. The van der Waals surface area contributed by atoms with Gasteiger partial charge in [-0.05, 0) is 49.2 Å². The third-order valence-corrected chi connectivity index (χ3v) is 4.35. The molecule has 1 aromatic heterocycles. The van der Waals surface area contributed by atoms with Gasteiger partial charge in [-0.1, -0.05) is 0 Å². The number of carbonyl (C=O) groups is 2. The van der Waals surface area contributed by atoms with Crippen molar-refractivity contribution in [3.8, 4) is 5.75 Å². The zero-order valence-electron chi connectivity index (χ0n) is 13.1. The zero-order valence-corrected chi connectivity index (χ0v) is 13.1. The molecule has 1 saturated heterocycles. The highest BCUT2D eigenvalue weighted by Gasteiger charge is 2.29. The fourth-order valence-corrected chi connectivity index (χ4v) is 2.97. The van der Waals surface area contributed by atoms with Crippen LogP contribution in [0.25, 0.3) is 0 Å². The number of nitrogens with zero attached hydrogens (tertiary/aromatic N) is 1. The summed E-state index contributed by atoms with van der Waals surface area (Å²) in [5.41, 5.74) is 0.294. The van der Waals surface area contributed by atoms with E-state index in [1.165, 1.54) is 24.4 Å². The monoisotopic (exact) mass is 326 g/mol. The first-order valence-corrected chi connectivity index (χ1v) is 7.86. The number of likely N-dealkylation sites (tertiary alicyclic amines) is 1. The average Bonchev–Trinajstić information content (AvgIpc) is 2.62. The first kappa shape index (κ1) is 16.0. The summed E-state index contributed by atoms with van der Waals surface area (Å²) in [6.07, 6.45) is 2.62. The Morgan fingerprint density at radius 1 is 1.08 bits per heavy atom. The number of aromatic hydroxyl groups is 1. The van der Waals surface area contributed by atoms with Crippen molar-refractivity contribution < 1.29 is 14.7 Å². The normalized spacial score (nSPS) is 15.2. The summed E-state index contributed by atoms with van der Waals surface area (Å²) in [5, 5.41) is 9.29. The summed E-state index contributed by atoms with van der Waals surface area (Å²) in [6, 6.07) is 9.34. The van der Waals surface area contributed by atoms with E-state index in [2.05, 4.69) is 4.98 Å². The molecule has 24 heavy (non-hydrogen) atoms. The fourth-order valence-electron chi connectivity index (χ4n) is 2.97. The fraction of sp³-hybridized carbons (Fsp3) is 0.278. The van der Waals surface area contributed by atoms with Crippen LogP contribution in [0.5, 0.6) is 5.75 Å². The number of amides is 1. The molecule has 2 N–H and O–H groups in total. The van der Waals surface area contributed by atoms with Gasteiger partial charge in [0.25, 0.3) is 11.5 Å². The molecule has 3 rings (SSSR count). The van der Waals surface area contributed by atoms with Crippen LogP contribution in [0.1, 0.15) is 33.6 Å². The van der Waals surface area contributed by atoms with E-state index in [4.69, 9.17) is 0 Å². The summed E-state index contributed by atoms with van der Waals surface area (Å²) in [5.74, 6) is -0.292. The van der Waals surface area contributed by atoms with Crippen molar-refractivity contribution in [2.45, 2.75) is 12.8 Å². The van der Waals surface area contributed by atoms with Gasteiger partial charge in [-0.3, -0.25) is 14.4 Å². The van der Waals surface area contributed by atoms with Crippen LogP contribution in [0.3, 0.4) is 0 Å². The Balaban J connectivity index is 1.64. The molecular formula is C18H18N2O4. The van der Waals surface area contributed by atoms with Gasteiger partial charge in [-0.2, -0.15) is 0 Å². The number of hydrogen-bond acceptors (Lipinski definition) is 4. The summed E-state index contributed by atoms with van der Waals surface area (Å²) in [7, 11) is 0. The maximum Gasteiger partial charge on any atom is 0.260 e. The Bertz CT molecular complexity index is 802. The van der Waals surface area contributed by atoms with Crippen molar-refractivity contribution in [2.24, 2.45) is 5.92 Å². The molecule has 1 amide bonds. The summed E-state index contributed by atoms with van der Waals surface area (Å²) in [4.78, 5) is 40.7. The van der Waals surface area contributed by atoms with Crippen LogP contribution in [-0.2, 0) is 0 Å². The summed E-state index contributed by atoms with van der Waals surface area (Å²) in [6.45, 7) is 0.892. The third kappa shape index (κ3) is 3.22. The van der Waals surface area contributed by atoms with Crippen molar-refractivity contribution in [2.75, 3.05) is 13.1 Å². The number of phenols is 1. The maximum atomic E-state index is 12.5. The van der Waals surface area contributed by atoms with Gasteiger partial charge in [0.05, 0.1) is 0 Å². The van der Waals surface area contributed by atoms with Crippen molar-refractivity contribution in [1.82, 2.24) is 9.88 Å². The molecule has 0 aliphatic carbocycles. The van der Waals surface area contributed by atoms with E-state index in [-0.39, 0.29) is 28.9 Å². The predicted molar refractivity (Wildman–Crippen MR) is 88.1 cm³/mol. The van der Waals surface area contributed by atoms with Gasteiger partial charge in [0, 0.05) is 30.8 Å². The van der Waals surface area contributed by atoms with Crippen LogP contribution in [0.4, 0.5) is 0 Å². The van der Waals surface area contributed by atoms with Crippen LogP contribution in [0.2, 0.25) is 0 Å². The van der Waals surface area contributed by atoms with Crippen molar-refractivity contribution >= 4 is 11.7 Å². The first-order valence-electron chi connectivity index (χ1n) is 7.86. The molecule has 0 radical (unpaired) electrons. The molecule has 6 nitrogen and oxygen atoms in total. The van der Waals surface area contributed by atoms with Crippen LogP contribution in [-0.4, -0.2) is 39.8 Å². The number of phenolic OH excluding ortho intramolecular Hbond substituents is 1. The smallest absolute Gasteiger partial charge is 0.260 e. The number of piperidine rings is 1. The third-order valence-electron chi connectivity index (χ3n) is 4.35. The molecular weight excluding hydrogens is 308 g/mol. The molecule has 1 aliphatic heterocycles. The lowest BCUT2D eigenvalue weighted by Gasteiger charge is -2.31. The number of H-pyrrole nitrogens is 1. The molecule has 1 fully saturated rings. The number of ketones is 1. The van der Waals surface area contributed by atoms with Crippen molar-refractivity contribution in [3.63, 3.8) is 0 Å². The second-order valence-electron chi connectivity index (χ2n) is 5.89. The van der Waals surface area contributed by atoms with Crippen molar-refractivity contribution in [1.29, 1.82) is 0 Å². The van der Waals surface area contributed by atoms with Crippen LogP contribution < -0.4 is 5.56 Å². The molecule has 0 spiro atoms. The highest BCUT2D eigenvalue weighted by molar-refractivity contribution is 5.98. The minimum absolute atomic E-state index is 0.0275.